The number of aliphatic hydroxyl groups is 1. The van der Waals surface area contributed by atoms with Crippen LogP contribution in [-0.2, 0) is 27.9 Å². The Morgan fingerprint density at radius 1 is 1.30 bits per heavy atom. The predicted molar refractivity (Wildman–Crippen MR) is 101 cm³/mol. The van der Waals surface area contributed by atoms with Crippen LogP contribution in [0.2, 0.25) is 0 Å². The highest BCUT2D eigenvalue weighted by Gasteiger charge is 2.46. The number of piperidine rings is 1. The highest BCUT2D eigenvalue weighted by molar-refractivity contribution is 7.12. The smallest absolute Gasteiger partial charge is 0.243 e. The predicted octanol–water partition coefficient (Wildman–Crippen LogP) is 3.35. The molecule has 0 saturated carbocycles. The van der Waals surface area contributed by atoms with E-state index in [4.69, 9.17) is 9.47 Å². The Morgan fingerprint density at radius 3 is 2.78 bits per heavy atom. The van der Waals surface area contributed by atoms with Gasteiger partial charge in [0.25, 0.3) is 0 Å². The van der Waals surface area contributed by atoms with Crippen molar-refractivity contribution < 1.29 is 23.4 Å². The first kappa shape index (κ1) is 19.7. The van der Waals surface area contributed by atoms with Crippen LogP contribution in [0.5, 0.6) is 0 Å². The number of hydrogen-bond donors (Lipinski definition) is 1. The number of nitrogens with zero attached hydrogens (tertiary/aromatic N) is 1. The second-order valence-corrected chi connectivity index (χ2v) is 9.50. The molecule has 2 saturated heterocycles. The van der Waals surface area contributed by atoms with Gasteiger partial charge in [0.1, 0.15) is 5.60 Å². The zero-order valence-electron chi connectivity index (χ0n) is 15.9. The lowest BCUT2D eigenvalue weighted by atomic mass is 9.81. The minimum Gasteiger partial charge on any atom is -0.388 e. The maximum absolute atomic E-state index is 12.8. The molecule has 3 aliphatic rings. The van der Waals surface area contributed by atoms with Crippen LogP contribution in [-0.4, -0.2) is 61.0 Å². The molecule has 27 heavy (non-hydrogen) atoms. The molecule has 2 fully saturated rings. The van der Waals surface area contributed by atoms with E-state index in [-0.39, 0.29) is 18.1 Å². The molecule has 0 aromatic carbocycles. The average Bonchev–Trinajstić information content (AvgIpc) is 3.02. The Morgan fingerprint density at radius 2 is 2.07 bits per heavy atom. The molecule has 1 aromatic rings. The summed E-state index contributed by atoms with van der Waals surface area (Å²) < 4.78 is 37.3. The molecule has 2 atom stereocenters. The van der Waals surface area contributed by atoms with Gasteiger partial charge in [0.15, 0.2) is 0 Å². The number of β-amino-alcohol motifs (C(OH)–C–C–N with tert-alkyl or cyclic N) is 1. The van der Waals surface area contributed by atoms with E-state index in [0.29, 0.717) is 39.2 Å². The topological polar surface area (TPSA) is 41.9 Å². The van der Waals surface area contributed by atoms with E-state index in [1.165, 1.54) is 21.8 Å². The molecule has 4 rings (SSSR count). The van der Waals surface area contributed by atoms with Crippen molar-refractivity contribution in [1.29, 1.82) is 0 Å². The normalized spacial score (nSPS) is 31.4. The molecule has 1 spiro atoms. The zero-order valence-corrected chi connectivity index (χ0v) is 16.7. The zero-order chi connectivity index (χ0) is 19.1. The van der Waals surface area contributed by atoms with Gasteiger partial charge in [0, 0.05) is 61.4 Å². The maximum Gasteiger partial charge on any atom is 0.243 e. The van der Waals surface area contributed by atoms with E-state index in [9.17, 15) is 13.9 Å². The third-order valence-electron chi connectivity index (χ3n) is 6.35. The van der Waals surface area contributed by atoms with E-state index in [1.807, 2.05) is 6.07 Å². The minimum absolute atomic E-state index is 0.162. The molecule has 1 aromatic heterocycles. The number of halogens is 2. The summed E-state index contributed by atoms with van der Waals surface area (Å²) >= 11 is 1.52. The fourth-order valence-corrected chi connectivity index (χ4v) is 6.24. The summed E-state index contributed by atoms with van der Waals surface area (Å²) in [5.41, 5.74) is 0.195. The average molecular weight is 402 g/mol. The number of ether oxygens (including phenoxy) is 2. The van der Waals surface area contributed by atoms with Gasteiger partial charge >= 0.3 is 0 Å². The van der Waals surface area contributed by atoms with E-state index in [0.717, 1.165) is 30.7 Å². The van der Waals surface area contributed by atoms with Gasteiger partial charge in [-0.05, 0) is 37.8 Å². The van der Waals surface area contributed by atoms with Crippen LogP contribution >= 0.6 is 11.3 Å². The number of thiophene rings is 1. The molecular weight excluding hydrogens is 372 g/mol. The molecule has 152 valence electrons. The van der Waals surface area contributed by atoms with Crippen LogP contribution in [0.1, 0.15) is 47.9 Å². The number of fused-ring (bicyclic) bond motifs is 2. The highest BCUT2D eigenvalue weighted by Crippen LogP contribution is 2.47. The van der Waals surface area contributed by atoms with Gasteiger partial charge in [-0.25, -0.2) is 8.78 Å². The summed E-state index contributed by atoms with van der Waals surface area (Å²) in [5.74, 6) is 0. The van der Waals surface area contributed by atoms with Crippen molar-refractivity contribution >= 4 is 11.3 Å². The van der Waals surface area contributed by atoms with Gasteiger partial charge in [-0.15, -0.1) is 11.3 Å². The molecular formula is C20H29F2NO3S. The Kier molecular flexibility index (Phi) is 5.60. The molecule has 0 amide bonds. The van der Waals surface area contributed by atoms with Crippen LogP contribution in [0.25, 0.3) is 0 Å². The van der Waals surface area contributed by atoms with Crippen LogP contribution < -0.4 is 0 Å². The number of rotatable bonds is 4. The van der Waals surface area contributed by atoms with Crippen LogP contribution in [0, 0.1) is 0 Å². The summed E-state index contributed by atoms with van der Waals surface area (Å²) in [6.07, 6.45) is 1.42. The lowest BCUT2D eigenvalue weighted by Crippen LogP contribution is -2.55. The lowest BCUT2D eigenvalue weighted by Gasteiger charge is -2.49. The van der Waals surface area contributed by atoms with Gasteiger partial charge in [-0.1, -0.05) is 0 Å². The Bertz CT molecular complexity index is 662. The fourth-order valence-electron chi connectivity index (χ4n) is 4.84. The van der Waals surface area contributed by atoms with E-state index < -0.39 is 12.0 Å². The van der Waals surface area contributed by atoms with E-state index in [2.05, 4.69) is 11.8 Å². The summed E-state index contributed by atoms with van der Waals surface area (Å²) in [7, 11) is 0. The second-order valence-electron chi connectivity index (χ2n) is 8.37. The standard InChI is InChI=1S/C20H29F2NO3S/c1-14-12-20(3-6-23(14)13-19(24)4-8-25-9-5-19)18-15(2-7-26-20)10-16(27-18)11-17(21)22/h10,14,17,24H,2-9,11-13H2,1H3/t14-,20+/m0/s1. The van der Waals surface area contributed by atoms with Gasteiger partial charge in [0.2, 0.25) is 6.43 Å². The molecule has 7 heteroatoms. The summed E-state index contributed by atoms with van der Waals surface area (Å²) in [6, 6.07) is 2.25. The Labute approximate surface area is 163 Å². The SMILES string of the molecule is C[C@H]1C[C@@]2(CCN1CC1(O)CCOCC1)OCCc1cc(CC(F)F)sc12. The Hall–Kier alpha value is -0.600. The maximum atomic E-state index is 12.8. The fraction of sp³-hybridized carbons (Fsp3) is 0.800. The van der Waals surface area contributed by atoms with Crippen molar-refractivity contribution in [2.75, 3.05) is 32.9 Å². The number of hydrogen-bond acceptors (Lipinski definition) is 5. The number of likely N-dealkylation sites (tertiary alicyclic amines) is 1. The largest absolute Gasteiger partial charge is 0.388 e. The molecule has 4 nitrogen and oxygen atoms in total. The number of alkyl halides is 2. The molecule has 3 aliphatic heterocycles. The third-order valence-corrected chi connectivity index (χ3v) is 7.74. The van der Waals surface area contributed by atoms with Gasteiger partial charge in [-0.2, -0.15) is 0 Å². The first-order chi connectivity index (χ1) is 12.9. The third kappa shape index (κ3) is 4.08. The van der Waals surface area contributed by atoms with Crippen molar-refractivity contribution in [3.63, 3.8) is 0 Å². The van der Waals surface area contributed by atoms with Crippen LogP contribution in [0.3, 0.4) is 0 Å². The molecule has 0 bridgehead atoms. The Balaban J connectivity index is 1.48. The highest BCUT2D eigenvalue weighted by atomic mass is 32.1. The van der Waals surface area contributed by atoms with Gasteiger partial charge in [-0.3, -0.25) is 4.90 Å². The van der Waals surface area contributed by atoms with Crippen molar-refractivity contribution in [3.05, 3.63) is 21.4 Å². The second kappa shape index (κ2) is 7.67. The molecule has 0 unspecified atom stereocenters. The molecule has 4 heterocycles. The molecule has 1 N–H and O–H groups in total. The molecule has 0 radical (unpaired) electrons. The van der Waals surface area contributed by atoms with Crippen molar-refractivity contribution in [2.24, 2.45) is 0 Å². The van der Waals surface area contributed by atoms with E-state index >= 15 is 0 Å². The lowest BCUT2D eigenvalue weighted by molar-refractivity contribution is -0.131. The van der Waals surface area contributed by atoms with Crippen LogP contribution in [0.4, 0.5) is 8.78 Å². The molecule has 0 aliphatic carbocycles. The quantitative estimate of drug-likeness (QED) is 0.840. The van der Waals surface area contributed by atoms with Crippen molar-refractivity contribution in [2.45, 2.75) is 69.1 Å². The minimum atomic E-state index is -2.30. The first-order valence-electron chi connectivity index (χ1n) is 9.98. The summed E-state index contributed by atoms with van der Waals surface area (Å²) in [6.45, 7) is 5.61. The van der Waals surface area contributed by atoms with Crippen molar-refractivity contribution in [3.8, 4) is 0 Å². The van der Waals surface area contributed by atoms with E-state index in [1.54, 1.807) is 0 Å². The van der Waals surface area contributed by atoms with Crippen molar-refractivity contribution in [1.82, 2.24) is 4.90 Å². The summed E-state index contributed by atoms with van der Waals surface area (Å²) in [4.78, 5) is 4.30. The van der Waals surface area contributed by atoms with Gasteiger partial charge in [0.05, 0.1) is 12.2 Å². The monoisotopic (exact) mass is 401 g/mol. The van der Waals surface area contributed by atoms with Crippen LogP contribution in [0.15, 0.2) is 6.07 Å². The summed E-state index contributed by atoms with van der Waals surface area (Å²) in [5, 5.41) is 10.9. The van der Waals surface area contributed by atoms with Gasteiger partial charge < -0.3 is 14.6 Å². The first-order valence-corrected chi connectivity index (χ1v) is 10.8.